The number of aryl methyl sites for hydroxylation is 2. The van der Waals surface area contributed by atoms with Gasteiger partial charge in [0.05, 0.1) is 22.8 Å². The van der Waals surface area contributed by atoms with Crippen LogP contribution < -0.4 is 10.6 Å². The first kappa shape index (κ1) is 18.9. The highest BCUT2D eigenvalue weighted by Crippen LogP contribution is 2.22. The fourth-order valence-corrected chi connectivity index (χ4v) is 3.13. The molecule has 0 radical (unpaired) electrons. The zero-order valence-electron chi connectivity index (χ0n) is 16.4. The van der Waals surface area contributed by atoms with Crippen molar-refractivity contribution in [3.8, 4) is 5.69 Å². The van der Waals surface area contributed by atoms with Crippen LogP contribution >= 0.6 is 0 Å². The molecule has 27 heavy (non-hydrogen) atoms. The molecular formula is C22H27N4O+. The Hall–Kier alpha value is -2.92. The number of nitrogens with two attached hydrogens (primary N) is 1. The number of quaternary nitrogens is 1. The van der Waals surface area contributed by atoms with Crippen molar-refractivity contribution in [2.24, 2.45) is 0 Å². The van der Waals surface area contributed by atoms with Crippen LogP contribution in [0.5, 0.6) is 0 Å². The Kier molecular flexibility index (Phi) is 5.72. The minimum Gasteiger partial charge on any atom is -0.333 e. The van der Waals surface area contributed by atoms with Gasteiger partial charge in [-0.3, -0.25) is 4.79 Å². The highest BCUT2D eigenvalue weighted by Gasteiger charge is 2.17. The average Bonchev–Trinajstić information content (AvgIpc) is 2.95. The monoisotopic (exact) mass is 363 g/mol. The molecular weight excluding hydrogens is 336 g/mol. The Morgan fingerprint density at radius 2 is 1.74 bits per heavy atom. The largest absolute Gasteiger partial charge is 0.333 e. The summed E-state index contributed by atoms with van der Waals surface area (Å²) in [7, 11) is 0. The number of carbonyl (C=O) groups is 1. The van der Waals surface area contributed by atoms with Crippen LogP contribution in [0.3, 0.4) is 0 Å². The Morgan fingerprint density at radius 3 is 2.41 bits per heavy atom. The molecule has 2 aromatic carbocycles. The molecule has 0 saturated heterocycles. The summed E-state index contributed by atoms with van der Waals surface area (Å²) in [6.45, 7) is 8.43. The van der Waals surface area contributed by atoms with Crippen molar-refractivity contribution < 1.29 is 10.1 Å². The molecule has 0 aliphatic heterocycles. The van der Waals surface area contributed by atoms with Crippen molar-refractivity contribution in [2.75, 3.05) is 11.9 Å². The van der Waals surface area contributed by atoms with Crippen LogP contribution in [-0.4, -0.2) is 22.2 Å². The molecule has 3 aromatic rings. The summed E-state index contributed by atoms with van der Waals surface area (Å²) in [6, 6.07) is 18.6. The number of nitrogens with one attached hydrogen (secondary N) is 1. The predicted octanol–water partition coefficient (Wildman–Crippen LogP) is 3.06. The topological polar surface area (TPSA) is 63.5 Å². The summed E-state index contributed by atoms with van der Waals surface area (Å²) in [5.41, 5.74) is 5.95. The summed E-state index contributed by atoms with van der Waals surface area (Å²) < 4.78 is 1.88. The Morgan fingerprint density at radius 1 is 1.07 bits per heavy atom. The molecule has 140 valence electrons. The molecule has 0 aliphatic rings. The number of aromatic nitrogens is 2. The van der Waals surface area contributed by atoms with E-state index < -0.39 is 0 Å². The lowest BCUT2D eigenvalue weighted by Crippen LogP contribution is -2.86. The van der Waals surface area contributed by atoms with Crippen LogP contribution in [0.15, 0.2) is 54.6 Å². The fraction of sp³-hybridized carbons (Fsp3) is 0.273. The molecule has 1 atom stereocenters. The van der Waals surface area contributed by atoms with Gasteiger partial charge in [-0.25, -0.2) is 4.68 Å². The summed E-state index contributed by atoms with van der Waals surface area (Å²) in [6.07, 6.45) is 0. The molecule has 0 bridgehead atoms. The molecule has 0 fully saturated rings. The molecule has 0 aliphatic carbocycles. The van der Waals surface area contributed by atoms with Gasteiger partial charge < -0.3 is 10.6 Å². The number of nitrogens with zero attached hydrogens (tertiary/aromatic N) is 2. The fourth-order valence-electron chi connectivity index (χ4n) is 3.13. The van der Waals surface area contributed by atoms with Gasteiger partial charge in [-0.2, -0.15) is 5.10 Å². The highest BCUT2D eigenvalue weighted by atomic mass is 16.1. The van der Waals surface area contributed by atoms with Crippen molar-refractivity contribution in [1.29, 1.82) is 0 Å². The second-order valence-electron chi connectivity index (χ2n) is 6.98. The van der Waals surface area contributed by atoms with E-state index in [1.807, 2.05) is 54.2 Å². The van der Waals surface area contributed by atoms with Crippen molar-refractivity contribution in [3.05, 3.63) is 77.1 Å². The predicted molar refractivity (Wildman–Crippen MR) is 108 cm³/mol. The van der Waals surface area contributed by atoms with E-state index in [2.05, 4.69) is 48.5 Å². The van der Waals surface area contributed by atoms with Crippen LogP contribution in [0.25, 0.3) is 5.69 Å². The molecule has 1 heterocycles. The summed E-state index contributed by atoms with van der Waals surface area (Å²) >= 11 is 0. The summed E-state index contributed by atoms with van der Waals surface area (Å²) in [4.78, 5) is 12.5. The Bertz CT molecular complexity index is 913. The number of carbonyl (C=O) groups excluding carboxylic acids is 1. The molecule has 5 nitrogen and oxygen atoms in total. The van der Waals surface area contributed by atoms with Gasteiger partial charge in [0.1, 0.15) is 6.04 Å². The quantitative estimate of drug-likeness (QED) is 0.707. The standard InChI is InChI=1S/C22H26N4O/c1-15-10-12-20(13-11-15)26-18(4)22(17(3)25-26)24-21(27)14-23-16(2)19-8-6-5-7-9-19/h5-13,16,23H,14H2,1-4H3,(H,24,27)/p+1/t16-/m1/s1. The van der Waals surface area contributed by atoms with Gasteiger partial charge in [0.15, 0.2) is 6.54 Å². The molecule has 3 N–H and O–H groups in total. The van der Waals surface area contributed by atoms with E-state index in [1.165, 1.54) is 11.1 Å². The van der Waals surface area contributed by atoms with E-state index in [4.69, 9.17) is 0 Å². The van der Waals surface area contributed by atoms with Crippen LogP contribution in [0.2, 0.25) is 0 Å². The van der Waals surface area contributed by atoms with E-state index in [1.54, 1.807) is 0 Å². The zero-order chi connectivity index (χ0) is 19.4. The summed E-state index contributed by atoms with van der Waals surface area (Å²) in [5.74, 6) is -0.0209. The van der Waals surface area contributed by atoms with Crippen molar-refractivity contribution in [1.82, 2.24) is 9.78 Å². The third-order valence-electron chi connectivity index (χ3n) is 4.82. The van der Waals surface area contributed by atoms with Gasteiger partial charge in [-0.1, -0.05) is 48.0 Å². The number of amides is 1. The van der Waals surface area contributed by atoms with Gasteiger partial charge in [0.25, 0.3) is 5.91 Å². The SMILES string of the molecule is Cc1ccc(-n2nc(C)c(NC(=O)C[NH2+][C@H](C)c3ccccc3)c2C)cc1. The van der Waals surface area contributed by atoms with Gasteiger partial charge >= 0.3 is 0 Å². The smallest absolute Gasteiger partial charge is 0.279 e. The van der Waals surface area contributed by atoms with E-state index >= 15 is 0 Å². The maximum Gasteiger partial charge on any atom is 0.279 e. The van der Waals surface area contributed by atoms with Crippen LogP contribution in [0, 0.1) is 20.8 Å². The first-order valence-electron chi connectivity index (χ1n) is 9.27. The van der Waals surface area contributed by atoms with E-state index in [0.717, 1.165) is 22.8 Å². The van der Waals surface area contributed by atoms with Gasteiger partial charge in [-0.15, -0.1) is 0 Å². The number of benzene rings is 2. The third kappa shape index (κ3) is 4.44. The second-order valence-corrected chi connectivity index (χ2v) is 6.98. The first-order chi connectivity index (χ1) is 13.0. The van der Waals surface area contributed by atoms with Gasteiger partial charge in [-0.05, 0) is 39.8 Å². The molecule has 5 heteroatoms. The number of rotatable bonds is 6. The highest BCUT2D eigenvalue weighted by molar-refractivity contribution is 5.92. The second kappa shape index (κ2) is 8.18. The van der Waals surface area contributed by atoms with Crippen LogP contribution in [-0.2, 0) is 4.79 Å². The maximum atomic E-state index is 12.5. The zero-order valence-corrected chi connectivity index (χ0v) is 16.4. The summed E-state index contributed by atoms with van der Waals surface area (Å²) in [5, 5.41) is 9.67. The van der Waals surface area contributed by atoms with Crippen molar-refractivity contribution in [2.45, 2.75) is 33.7 Å². The normalized spacial score (nSPS) is 12.0. The maximum absolute atomic E-state index is 12.5. The lowest BCUT2D eigenvalue weighted by Gasteiger charge is -2.11. The minimum atomic E-state index is -0.0209. The third-order valence-corrected chi connectivity index (χ3v) is 4.82. The van der Waals surface area contributed by atoms with Crippen molar-refractivity contribution >= 4 is 11.6 Å². The van der Waals surface area contributed by atoms with E-state index in [9.17, 15) is 4.79 Å². The molecule has 3 rings (SSSR count). The Balaban J connectivity index is 1.67. The minimum absolute atomic E-state index is 0.0209. The number of hydrogen-bond donors (Lipinski definition) is 2. The van der Waals surface area contributed by atoms with Crippen LogP contribution in [0.4, 0.5) is 5.69 Å². The van der Waals surface area contributed by atoms with Gasteiger partial charge in [0, 0.05) is 5.56 Å². The van der Waals surface area contributed by atoms with Gasteiger partial charge in [0.2, 0.25) is 0 Å². The Labute approximate surface area is 160 Å². The van der Waals surface area contributed by atoms with Crippen LogP contribution in [0.1, 0.15) is 35.5 Å². The molecule has 1 aromatic heterocycles. The average molecular weight is 363 g/mol. The number of hydrogen-bond acceptors (Lipinski definition) is 2. The van der Waals surface area contributed by atoms with E-state index in [0.29, 0.717) is 6.54 Å². The molecule has 1 amide bonds. The van der Waals surface area contributed by atoms with Crippen molar-refractivity contribution in [3.63, 3.8) is 0 Å². The first-order valence-corrected chi connectivity index (χ1v) is 9.27. The number of anilines is 1. The lowest BCUT2D eigenvalue weighted by molar-refractivity contribution is -0.682. The lowest BCUT2D eigenvalue weighted by atomic mass is 10.1. The molecule has 0 saturated carbocycles. The molecule has 0 spiro atoms. The van der Waals surface area contributed by atoms with E-state index in [-0.39, 0.29) is 11.9 Å². The molecule has 0 unspecified atom stereocenters.